The van der Waals surface area contributed by atoms with E-state index in [4.69, 9.17) is 5.11 Å². The molecule has 1 N–H and O–H groups in total. The Balaban J connectivity index is 2.96. The van der Waals surface area contributed by atoms with E-state index in [1.807, 2.05) is 17.7 Å². The Labute approximate surface area is 71.6 Å². The first-order valence-electron chi connectivity index (χ1n) is 3.94. The summed E-state index contributed by atoms with van der Waals surface area (Å²) in [4.78, 5) is 11.0. The van der Waals surface area contributed by atoms with Crippen molar-refractivity contribution >= 4 is 5.78 Å². The molecule has 12 heavy (non-hydrogen) atoms. The van der Waals surface area contributed by atoms with E-state index in [0.29, 0.717) is 6.54 Å². The van der Waals surface area contributed by atoms with E-state index in [0.717, 1.165) is 11.3 Å². The van der Waals surface area contributed by atoms with Gasteiger partial charge in [-0.05, 0) is 19.9 Å². The van der Waals surface area contributed by atoms with Gasteiger partial charge < -0.3 is 9.67 Å². The molecule has 0 saturated carbocycles. The summed E-state index contributed by atoms with van der Waals surface area (Å²) in [5.74, 6) is 0.0733. The van der Waals surface area contributed by atoms with Crippen LogP contribution in [0.1, 0.15) is 23.0 Å². The van der Waals surface area contributed by atoms with Gasteiger partial charge in [-0.3, -0.25) is 4.79 Å². The minimum atomic E-state index is 0.0733. The third-order valence-electron chi connectivity index (χ3n) is 1.96. The molecule has 3 heteroatoms. The predicted octanol–water partition coefficient (Wildman–Crippen LogP) is 0.991. The van der Waals surface area contributed by atoms with Crippen LogP contribution in [0.25, 0.3) is 0 Å². The van der Waals surface area contributed by atoms with Crippen LogP contribution in [0.5, 0.6) is 0 Å². The zero-order valence-corrected chi connectivity index (χ0v) is 7.37. The lowest BCUT2D eigenvalue weighted by Gasteiger charge is -2.03. The third kappa shape index (κ3) is 1.56. The molecular formula is C9H13NO2. The highest BCUT2D eigenvalue weighted by Crippen LogP contribution is 2.09. The van der Waals surface area contributed by atoms with Crippen molar-refractivity contribution in [2.45, 2.75) is 20.4 Å². The molecule has 0 unspecified atom stereocenters. The average Bonchev–Trinajstić information content (AvgIpc) is 2.34. The largest absolute Gasteiger partial charge is 0.395 e. The molecule has 1 aromatic rings. The number of hydrogen-bond donors (Lipinski definition) is 1. The van der Waals surface area contributed by atoms with Crippen molar-refractivity contribution in [3.8, 4) is 0 Å². The highest BCUT2D eigenvalue weighted by Gasteiger charge is 2.07. The van der Waals surface area contributed by atoms with E-state index in [1.54, 1.807) is 13.0 Å². The maximum atomic E-state index is 11.0. The fourth-order valence-corrected chi connectivity index (χ4v) is 1.27. The first kappa shape index (κ1) is 9.00. The molecule has 0 aliphatic rings. The zero-order valence-electron chi connectivity index (χ0n) is 7.37. The summed E-state index contributed by atoms with van der Waals surface area (Å²) in [6, 6.07) is 1.79. The molecule has 0 aliphatic heterocycles. The Bertz CT molecular complexity index is 289. The molecule has 0 spiro atoms. The van der Waals surface area contributed by atoms with Crippen LogP contribution in [0.3, 0.4) is 0 Å². The van der Waals surface area contributed by atoms with Crippen LogP contribution in [0, 0.1) is 6.92 Å². The van der Waals surface area contributed by atoms with Gasteiger partial charge in [-0.1, -0.05) is 0 Å². The summed E-state index contributed by atoms with van der Waals surface area (Å²) in [7, 11) is 0. The van der Waals surface area contributed by atoms with Gasteiger partial charge in [0.25, 0.3) is 0 Å². The lowest BCUT2D eigenvalue weighted by Crippen LogP contribution is -2.04. The smallest absolute Gasteiger partial charge is 0.161 e. The van der Waals surface area contributed by atoms with E-state index in [9.17, 15) is 4.79 Å². The van der Waals surface area contributed by atoms with Gasteiger partial charge in [-0.2, -0.15) is 0 Å². The molecular weight excluding hydrogens is 154 g/mol. The standard InChI is InChI=1S/C9H13NO2/c1-7-9(8(2)12)3-4-10(7)5-6-11/h3-4,11H,5-6H2,1-2H3. The summed E-state index contributed by atoms with van der Waals surface area (Å²) in [5, 5.41) is 8.69. The summed E-state index contributed by atoms with van der Waals surface area (Å²) < 4.78 is 1.87. The van der Waals surface area contributed by atoms with Crippen LogP contribution < -0.4 is 0 Å². The fraction of sp³-hybridized carbons (Fsp3) is 0.444. The van der Waals surface area contributed by atoms with Gasteiger partial charge in [-0.15, -0.1) is 0 Å². The second-order valence-corrected chi connectivity index (χ2v) is 2.79. The molecule has 0 aromatic carbocycles. The van der Waals surface area contributed by atoms with E-state index in [-0.39, 0.29) is 12.4 Å². The van der Waals surface area contributed by atoms with Crippen molar-refractivity contribution in [1.29, 1.82) is 0 Å². The Kier molecular flexibility index (Phi) is 2.65. The number of carbonyl (C=O) groups excluding carboxylic acids is 1. The van der Waals surface area contributed by atoms with Gasteiger partial charge in [0.2, 0.25) is 0 Å². The molecule has 1 heterocycles. The Morgan fingerprint density at radius 1 is 1.67 bits per heavy atom. The highest BCUT2D eigenvalue weighted by molar-refractivity contribution is 5.95. The molecule has 0 radical (unpaired) electrons. The molecule has 1 aromatic heterocycles. The number of rotatable bonds is 3. The van der Waals surface area contributed by atoms with Crippen LogP contribution in [0.15, 0.2) is 12.3 Å². The highest BCUT2D eigenvalue weighted by atomic mass is 16.3. The van der Waals surface area contributed by atoms with E-state index >= 15 is 0 Å². The van der Waals surface area contributed by atoms with Crippen LogP contribution in [-0.4, -0.2) is 22.1 Å². The number of aliphatic hydroxyl groups excluding tert-OH is 1. The molecule has 0 saturated heterocycles. The van der Waals surface area contributed by atoms with Gasteiger partial charge in [-0.25, -0.2) is 0 Å². The zero-order chi connectivity index (χ0) is 9.14. The van der Waals surface area contributed by atoms with Gasteiger partial charge in [0.15, 0.2) is 5.78 Å². The quantitative estimate of drug-likeness (QED) is 0.682. The maximum absolute atomic E-state index is 11.0. The van der Waals surface area contributed by atoms with Crippen LogP contribution >= 0.6 is 0 Å². The van der Waals surface area contributed by atoms with E-state index < -0.39 is 0 Å². The fourth-order valence-electron chi connectivity index (χ4n) is 1.27. The first-order valence-corrected chi connectivity index (χ1v) is 3.94. The molecule has 0 amide bonds. The van der Waals surface area contributed by atoms with Crippen LogP contribution in [-0.2, 0) is 6.54 Å². The number of ketones is 1. The molecule has 1 rings (SSSR count). The molecule has 0 atom stereocenters. The van der Waals surface area contributed by atoms with Crippen LogP contribution in [0.2, 0.25) is 0 Å². The number of hydrogen-bond acceptors (Lipinski definition) is 2. The number of carbonyl (C=O) groups is 1. The topological polar surface area (TPSA) is 42.2 Å². The van der Waals surface area contributed by atoms with Crippen molar-refractivity contribution in [1.82, 2.24) is 4.57 Å². The summed E-state index contributed by atoms with van der Waals surface area (Å²) >= 11 is 0. The van der Waals surface area contributed by atoms with Crippen molar-refractivity contribution in [2.75, 3.05) is 6.61 Å². The minimum absolute atomic E-state index is 0.0733. The number of aromatic nitrogens is 1. The lowest BCUT2D eigenvalue weighted by atomic mass is 10.2. The third-order valence-corrected chi connectivity index (χ3v) is 1.96. The second kappa shape index (κ2) is 3.54. The van der Waals surface area contributed by atoms with E-state index in [2.05, 4.69) is 0 Å². The van der Waals surface area contributed by atoms with Crippen molar-refractivity contribution in [3.63, 3.8) is 0 Å². The van der Waals surface area contributed by atoms with Gasteiger partial charge in [0, 0.05) is 24.0 Å². The van der Waals surface area contributed by atoms with E-state index in [1.165, 1.54) is 0 Å². The molecule has 0 fully saturated rings. The van der Waals surface area contributed by atoms with Gasteiger partial charge in [0.05, 0.1) is 6.61 Å². The number of nitrogens with zero attached hydrogens (tertiary/aromatic N) is 1. The first-order chi connectivity index (χ1) is 5.66. The van der Waals surface area contributed by atoms with Gasteiger partial charge >= 0.3 is 0 Å². The molecule has 0 aliphatic carbocycles. The Hall–Kier alpha value is -1.09. The van der Waals surface area contributed by atoms with Crippen molar-refractivity contribution < 1.29 is 9.90 Å². The monoisotopic (exact) mass is 167 g/mol. The number of Topliss-reactive ketones (excluding diaryl/α,β-unsaturated/α-hetero) is 1. The van der Waals surface area contributed by atoms with Crippen LogP contribution in [0.4, 0.5) is 0 Å². The maximum Gasteiger partial charge on any atom is 0.161 e. The van der Waals surface area contributed by atoms with Crippen molar-refractivity contribution in [3.05, 3.63) is 23.5 Å². The van der Waals surface area contributed by atoms with Gasteiger partial charge in [0.1, 0.15) is 0 Å². The Morgan fingerprint density at radius 2 is 2.33 bits per heavy atom. The summed E-state index contributed by atoms with van der Waals surface area (Å²) in [6.45, 7) is 4.09. The average molecular weight is 167 g/mol. The minimum Gasteiger partial charge on any atom is -0.395 e. The molecule has 66 valence electrons. The summed E-state index contributed by atoms with van der Waals surface area (Å²) in [5.41, 5.74) is 1.67. The second-order valence-electron chi connectivity index (χ2n) is 2.79. The normalized spacial score (nSPS) is 10.2. The lowest BCUT2D eigenvalue weighted by molar-refractivity contribution is 0.101. The number of aliphatic hydroxyl groups is 1. The Morgan fingerprint density at radius 3 is 2.75 bits per heavy atom. The predicted molar refractivity (Wildman–Crippen MR) is 46.3 cm³/mol. The van der Waals surface area contributed by atoms with Crippen molar-refractivity contribution in [2.24, 2.45) is 0 Å². The molecule has 0 bridgehead atoms. The SMILES string of the molecule is CC(=O)c1ccn(CCO)c1C. The summed E-state index contributed by atoms with van der Waals surface area (Å²) in [6.07, 6.45) is 1.82. The molecule has 3 nitrogen and oxygen atoms in total.